The normalized spacial score (nSPS) is 16.2. The van der Waals surface area contributed by atoms with Crippen LogP contribution in [0.4, 0.5) is 10.8 Å². The van der Waals surface area contributed by atoms with Gasteiger partial charge in [-0.3, -0.25) is 0 Å². The molecule has 0 bridgehead atoms. The smallest absolute Gasteiger partial charge is 0.345 e. The first-order chi connectivity index (χ1) is 10.2. The monoisotopic (exact) mass is 315 g/mol. The van der Waals surface area contributed by atoms with Gasteiger partial charge in [0.2, 0.25) is 0 Å². The van der Waals surface area contributed by atoms with Crippen molar-refractivity contribution >= 4 is 28.3 Å². The van der Waals surface area contributed by atoms with Gasteiger partial charge in [-0.1, -0.05) is 0 Å². The van der Waals surface area contributed by atoms with Crippen molar-refractivity contribution in [3.05, 3.63) is 5.56 Å². The summed E-state index contributed by atoms with van der Waals surface area (Å²) >= 11 is 1.23. The summed E-state index contributed by atoms with van der Waals surface area (Å²) in [6.07, 6.45) is 1.85. The number of piperidine rings is 1. The molecule has 7 nitrogen and oxygen atoms in total. The lowest BCUT2D eigenvalue weighted by Crippen LogP contribution is -2.37. The van der Waals surface area contributed by atoms with E-state index in [1.807, 2.05) is 0 Å². The van der Waals surface area contributed by atoms with E-state index in [4.69, 9.17) is 20.3 Å². The third-order valence-electron chi connectivity index (χ3n) is 3.35. The molecule has 2 rings (SSSR count). The van der Waals surface area contributed by atoms with Crippen molar-refractivity contribution in [1.29, 1.82) is 0 Å². The minimum absolute atomic E-state index is 0.0403. The Morgan fingerprint density at radius 1 is 1.52 bits per heavy atom. The van der Waals surface area contributed by atoms with Crippen LogP contribution in [0.25, 0.3) is 0 Å². The van der Waals surface area contributed by atoms with Gasteiger partial charge in [-0.2, -0.15) is 4.37 Å². The summed E-state index contributed by atoms with van der Waals surface area (Å²) in [4.78, 5) is 14.1. The molecule has 8 heteroatoms. The standard InChI is InChI=1S/C13H21N3O4S/c1-2-19-13(18)10-11(14)15-21-12(10)16-5-3-9(4-6-16)20-8-7-17/h9,17H,2-8H2,1H3,(H2,14,15). The first kappa shape index (κ1) is 16.0. The van der Waals surface area contributed by atoms with Crippen molar-refractivity contribution in [2.24, 2.45) is 0 Å². The molecule has 0 atom stereocenters. The lowest BCUT2D eigenvalue weighted by Gasteiger charge is -2.32. The first-order valence-electron chi connectivity index (χ1n) is 7.07. The molecule has 0 aliphatic carbocycles. The van der Waals surface area contributed by atoms with Crippen molar-refractivity contribution in [3.8, 4) is 0 Å². The Hall–Kier alpha value is -1.38. The molecule has 0 amide bonds. The Balaban J connectivity index is 2.02. The lowest BCUT2D eigenvalue weighted by molar-refractivity contribution is 0.0159. The number of nitrogen functional groups attached to an aromatic ring is 1. The molecule has 1 fully saturated rings. The number of anilines is 2. The number of aliphatic hydroxyl groups excluding tert-OH is 1. The highest BCUT2D eigenvalue weighted by atomic mass is 32.1. The van der Waals surface area contributed by atoms with E-state index in [0.29, 0.717) is 18.8 Å². The summed E-state index contributed by atoms with van der Waals surface area (Å²) in [7, 11) is 0. The third-order valence-corrected chi connectivity index (χ3v) is 4.28. The fourth-order valence-corrected chi connectivity index (χ4v) is 3.20. The van der Waals surface area contributed by atoms with E-state index in [0.717, 1.165) is 30.9 Å². The van der Waals surface area contributed by atoms with Crippen molar-refractivity contribution in [1.82, 2.24) is 4.37 Å². The van der Waals surface area contributed by atoms with Crippen LogP contribution in [0.2, 0.25) is 0 Å². The maximum Gasteiger partial charge on any atom is 0.345 e. The van der Waals surface area contributed by atoms with Gasteiger partial charge in [-0.15, -0.1) is 0 Å². The summed E-state index contributed by atoms with van der Waals surface area (Å²) in [5.41, 5.74) is 6.16. The number of aliphatic hydroxyl groups is 1. The van der Waals surface area contributed by atoms with Crippen LogP contribution in [0, 0.1) is 0 Å². The van der Waals surface area contributed by atoms with Crippen LogP contribution in [0.1, 0.15) is 30.1 Å². The molecular weight excluding hydrogens is 294 g/mol. The van der Waals surface area contributed by atoms with Crippen LogP contribution in [0.5, 0.6) is 0 Å². The summed E-state index contributed by atoms with van der Waals surface area (Å²) in [6.45, 7) is 4.02. The number of carbonyl (C=O) groups is 1. The molecule has 0 radical (unpaired) electrons. The van der Waals surface area contributed by atoms with Crippen molar-refractivity contribution in [2.45, 2.75) is 25.9 Å². The van der Waals surface area contributed by atoms with Gasteiger partial charge in [0.25, 0.3) is 0 Å². The number of hydrogen-bond acceptors (Lipinski definition) is 8. The highest BCUT2D eigenvalue weighted by Crippen LogP contribution is 2.33. The number of ether oxygens (including phenoxy) is 2. The van der Waals surface area contributed by atoms with Gasteiger partial charge in [0.15, 0.2) is 5.82 Å². The number of rotatable bonds is 6. The zero-order valence-electron chi connectivity index (χ0n) is 12.1. The topological polar surface area (TPSA) is 97.9 Å². The highest BCUT2D eigenvalue weighted by molar-refractivity contribution is 7.11. The van der Waals surface area contributed by atoms with Crippen LogP contribution in [0.15, 0.2) is 0 Å². The number of hydrogen-bond donors (Lipinski definition) is 2. The van der Waals surface area contributed by atoms with Gasteiger partial charge in [0.1, 0.15) is 10.6 Å². The molecule has 118 valence electrons. The van der Waals surface area contributed by atoms with Crippen molar-refractivity contribution in [3.63, 3.8) is 0 Å². The summed E-state index contributed by atoms with van der Waals surface area (Å²) in [6, 6.07) is 0. The molecule has 1 aromatic rings. The SMILES string of the molecule is CCOC(=O)c1c(N)nsc1N1CCC(OCCO)CC1. The van der Waals surface area contributed by atoms with Crippen LogP contribution in [0.3, 0.4) is 0 Å². The van der Waals surface area contributed by atoms with Gasteiger partial charge < -0.3 is 25.2 Å². The van der Waals surface area contributed by atoms with E-state index in [1.54, 1.807) is 6.92 Å². The van der Waals surface area contributed by atoms with Gasteiger partial charge in [0.05, 0.1) is 25.9 Å². The predicted octanol–water partition coefficient (Wildman–Crippen LogP) is 0.880. The van der Waals surface area contributed by atoms with Crippen LogP contribution < -0.4 is 10.6 Å². The fourth-order valence-electron chi connectivity index (χ4n) is 2.35. The molecule has 1 aliphatic rings. The minimum Gasteiger partial charge on any atom is -0.462 e. The van der Waals surface area contributed by atoms with Crippen LogP contribution in [-0.2, 0) is 9.47 Å². The molecule has 1 aliphatic heterocycles. The number of nitrogens with zero attached hydrogens (tertiary/aromatic N) is 2. The Bertz CT molecular complexity index is 472. The number of carbonyl (C=O) groups excluding carboxylic acids is 1. The second-order valence-corrected chi connectivity index (χ2v) is 5.50. The quantitative estimate of drug-likeness (QED) is 0.752. The molecule has 2 heterocycles. The Morgan fingerprint density at radius 3 is 2.86 bits per heavy atom. The average molecular weight is 315 g/mol. The van der Waals surface area contributed by atoms with E-state index < -0.39 is 5.97 Å². The van der Waals surface area contributed by atoms with E-state index in [-0.39, 0.29) is 18.5 Å². The van der Waals surface area contributed by atoms with Gasteiger partial charge in [0, 0.05) is 13.1 Å². The zero-order chi connectivity index (χ0) is 15.2. The van der Waals surface area contributed by atoms with E-state index in [2.05, 4.69) is 9.27 Å². The minimum atomic E-state index is -0.419. The highest BCUT2D eigenvalue weighted by Gasteiger charge is 2.28. The number of aromatic nitrogens is 1. The lowest BCUT2D eigenvalue weighted by atomic mass is 10.1. The summed E-state index contributed by atoms with van der Waals surface area (Å²) < 4.78 is 14.7. The Labute approximate surface area is 127 Å². The molecule has 1 saturated heterocycles. The van der Waals surface area contributed by atoms with Crippen molar-refractivity contribution in [2.75, 3.05) is 43.5 Å². The molecular formula is C13H21N3O4S. The van der Waals surface area contributed by atoms with Gasteiger partial charge >= 0.3 is 5.97 Å². The second kappa shape index (κ2) is 7.58. The maximum atomic E-state index is 12.0. The molecule has 0 spiro atoms. The average Bonchev–Trinajstić information content (AvgIpc) is 2.88. The number of esters is 1. The van der Waals surface area contributed by atoms with Gasteiger partial charge in [-0.05, 0) is 31.3 Å². The van der Waals surface area contributed by atoms with E-state index >= 15 is 0 Å². The molecule has 0 aromatic carbocycles. The predicted molar refractivity (Wildman–Crippen MR) is 80.8 cm³/mol. The first-order valence-corrected chi connectivity index (χ1v) is 7.84. The molecule has 21 heavy (non-hydrogen) atoms. The molecule has 1 aromatic heterocycles. The van der Waals surface area contributed by atoms with Gasteiger partial charge in [-0.25, -0.2) is 4.79 Å². The zero-order valence-corrected chi connectivity index (χ0v) is 12.9. The third kappa shape index (κ3) is 3.84. The number of nitrogens with two attached hydrogens (primary N) is 1. The summed E-state index contributed by atoms with van der Waals surface area (Å²) in [5.74, 6) is -0.190. The van der Waals surface area contributed by atoms with Crippen LogP contribution >= 0.6 is 11.5 Å². The van der Waals surface area contributed by atoms with Crippen LogP contribution in [-0.4, -0.2) is 54.5 Å². The maximum absolute atomic E-state index is 12.0. The Morgan fingerprint density at radius 2 is 2.24 bits per heavy atom. The Kier molecular flexibility index (Phi) is 5.77. The fraction of sp³-hybridized carbons (Fsp3) is 0.692. The van der Waals surface area contributed by atoms with Crippen molar-refractivity contribution < 1.29 is 19.4 Å². The van der Waals surface area contributed by atoms with E-state index in [1.165, 1.54) is 11.5 Å². The molecule has 0 saturated carbocycles. The molecule has 3 N–H and O–H groups in total. The largest absolute Gasteiger partial charge is 0.462 e. The summed E-state index contributed by atoms with van der Waals surface area (Å²) in [5, 5.41) is 9.54. The second-order valence-electron chi connectivity index (χ2n) is 4.75. The molecule has 0 unspecified atom stereocenters. The van der Waals surface area contributed by atoms with E-state index in [9.17, 15) is 4.79 Å².